The van der Waals surface area contributed by atoms with Crippen LogP contribution in [0.25, 0.3) is 0 Å². The average Bonchev–Trinajstić information content (AvgIpc) is 2.86. The van der Waals surface area contributed by atoms with Gasteiger partial charge in [-0.1, -0.05) is 31.2 Å². The lowest BCUT2D eigenvalue weighted by molar-refractivity contribution is -0.139. The molecule has 0 aliphatic carbocycles. The predicted molar refractivity (Wildman–Crippen MR) is 138 cm³/mol. The summed E-state index contributed by atoms with van der Waals surface area (Å²) in [6, 6.07) is 14.7. The van der Waals surface area contributed by atoms with Crippen LogP contribution < -0.4 is 0 Å². The maximum Gasteiger partial charge on any atom is 0.303 e. The number of aliphatic hydroxyl groups is 2. The van der Waals surface area contributed by atoms with E-state index in [1.54, 1.807) is 24.3 Å². The van der Waals surface area contributed by atoms with E-state index in [4.69, 9.17) is 20.4 Å². The van der Waals surface area contributed by atoms with Gasteiger partial charge in [0.2, 0.25) is 12.2 Å². The van der Waals surface area contributed by atoms with E-state index in [1.165, 1.54) is 12.2 Å². The number of carbonyl (C=O) groups is 2. The molecule has 37 heavy (non-hydrogen) atoms. The molecular formula is C27H34N2O8. The molecule has 0 saturated carbocycles. The van der Waals surface area contributed by atoms with Crippen LogP contribution in [-0.4, -0.2) is 57.7 Å². The molecule has 0 amide bonds. The van der Waals surface area contributed by atoms with Crippen LogP contribution in [0.5, 0.6) is 0 Å². The highest BCUT2D eigenvalue weighted by atomic mass is 16.4. The molecule has 10 nitrogen and oxygen atoms in total. The zero-order valence-corrected chi connectivity index (χ0v) is 20.9. The fraction of sp³-hybridized carbons (Fsp3) is 0.407. The Morgan fingerprint density at radius 3 is 1.35 bits per heavy atom. The van der Waals surface area contributed by atoms with Gasteiger partial charge in [-0.15, -0.1) is 0 Å². The van der Waals surface area contributed by atoms with Crippen molar-refractivity contribution in [3.05, 3.63) is 59.7 Å². The van der Waals surface area contributed by atoms with Gasteiger partial charge >= 0.3 is 11.9 Å². The first kappa shape index (κ1) is 33.1. The van der Waals surface area contributed by atoms with Crippen LogP contribution in [0.3, 0.4) is 0 Å². The maximum atomic E-state index is 10.1. The fourth-order valence-corrected chi connectivity index (χ4v) is 2.86. The van der Waals surface area contributed by atoms with Crippen molar-refractivity contribution < 1.29 is 39.6 Å². The maximum absolute atomic E-state index is 10.1. The number of unbranched alkanes of at least 4 members (excludes halogenated alkanes) is 1. The molecule has 200 valence electrons. The van der Waals surface area contributed by atoms with Gasteiger partial charge in [0.15, 0.2) is 0 Å². The Morgan fingerprint density at radius 2 is 1.08 bits per heavy atom. The van der Waals surface area contributed by atoms with E-state index in [2.05, 4.69) is 9.98 Å². The summed E-state index contributed by atoms with van der Waals surface area (Å²) >= 11 is 0. The first-order chi connectivity index (χ1) is 17.7. The standard InChI is InChI=1S/C15H10N2O2.C6H10O4.C6H14O2/c18-10-16-14-5-1-12(2-6-14)9-13-3-7-15(8-4-13)17-11-19;7-5(8)3-1-2-4-6(9)10;1-6(2-4-7)3-5-8/h1-8H,9H2;1-4H2,(H,7,8)(H,9,10);6-8H,2-5H2,1H3. The van der Waals surface area contributed by atoms with Crippen molar-refractivity contribution in [1.29, 1.82) is 0 Å². The zero-order chi connectivity index (χ0) is 27.9. The van der Waals surface area contributed by atoms with Gasteiger partial charge in [-0.25, -0.2) is 9.59 Å². The Kier molecular flexibility index (Phi) is 19.1. The number of rotatable bonds is 13. The van der Waals surface area contributed by atoms with E-state index >= 15 is 0 Å². The van der Waals surface area contributed by atoms with Crippen molar-refractivity contribution in [2.45, 2.75) is 51.9 Å². The van der Waals surface area contributed by atoms with Gasteiger partial charge in [0.1, 0.15) is 0 Å². The van der Waals surface area contributed by atoms with Crippen LogP contribution in [0.1, 0.15) is 56.6 Å². The normalized spacial score (nSPS) is 9.51. The number of aliphatic hydroxyl groups excluding tert-OH is 2. The number of benzene rings is 2. The summed E-state index contributed by atoms with van der Waals surface area (Å²) in [5.74, 6) is -1.28. The minimum absolute atomic E-state index is 0.0628. The summed E-state index contributed by atoms with van der Waals surface area (Å²) < 4.78 is 0. The monoisotopic (exact) mass is 514 g/mol. The van der Waals surface area contributed by atoms with Crippen molar-refractivity contribution in [2.75, 3.05) is 13.2 Å². The molecular weight excluding hydrogens is 480 g/mol. The highest BCUT2D eigenvalue weighted by Gasteiger charge is 2.00. The number of nitrogens with zero attached hydrogens (tertiary/aromatic N) is 2. The van der Waals surface area contributed by atoms with E-state index in [-0.39, 0.29) is 26.1 Å². The van der Waals surface area contributed by atoms with E-state index in [0.29, 0.717) is 30.1 Å². The Hall–Kier alpha value is -3.94. The van der Waals surface area contributed by atoms with Gasteiger partial charge in [-0.05, 0) is 73.4 Å². The first-order valence-electron chi connectivity index (χ1n) is 11.7. The molecule has 0 aromatic heterocycles. The Labute approximate surface area is 216 Å². The van der Waals surface area contributed by atoms with Crippen molar-refractivity contribution in [3.8, 4) is 0 Å². The van der Waals surface area contributed by atoms with Gasteiger partial charge < -0.3 is 20.4 Å². The molecule has 0 unspecified atom stereocenters. The number of carboxylic acids is 2. The quantitative estimate of drug-likeness (QED) is 0.174. The summed E-state index contributed by atoms with van der Waals surface area (Å²) in [7, 11) is 0. The molecule has 4 N–H and O–H groups in total. The minimum Gasteiger partial charge on any atom is -0.481 e. The lowest BCUT2D eigenvalue weighted by Gasteiger charge is -2.04. The van der Waals surface area contributed by atoms with Crippen molar-refractivity contribution in [1.82, 2.24) is 0 Å². The van der Waals surface area contributed by atoms with Gasteiger partial charge in [0, 0.05) is 26.1 Å². The van der Waals surface area contributed by atoms with Crippen LogP contribution in [0.4, 0.5) is 11.4 Å². The van der Waals surface area contributed by atoms with Crippen LogP contribution in [0.15, 0.2) is 58.5 Å². The lowest BCUT2D eigenvalue weighted by Crippen LogP contribution is -1.99. The number of aliphatic carboxylic acids is 2. The Balaban J connectivity index is 0.000000607. The van der Waals surface area contributed by atoms with Crippen LogP contribution in [-0.2, 0) is 25.6 Å². The number of hydrogen-bond acceptors (Lipinski definition) is 8. The summed E-state index contributed by atoms with van der Waals surface area (Å²) in [5, 5.41) is 33.0. The molecule has 0 bridgehead atoms. The van der Waals surface area contributed by atoms with Crippen molar-refractivity contribution >= 4 is 35.5 Å². The van der Waals surface area contributed by atoms with E-state index < -0.39 is 11.9 Å². The van der Waals surface area contributed by atoms with Crippen molar-refractivity contribution in [3.63, 3.8) is 0 Å². The molecule has 0 aliphatic heterocycles. The van der Waals surface area contributed by atoms with Crippen LogP contribution >= 0.6 is 0 Å². The van der Waals surface area contributed by atoms with E-state index in [9.17, 15) is 19.2 Å². The Morgan fingerprint density at radius 1 is 0.730 bits per heavy atom. The number of carboxylic acid groups (broad SMARTS) is 2. The van der Waals surface area contributed by atoms with Gasteiger partial charge in [0.05, 0.1) is 11.4 Å². The molecule has 0 spiro atoms. The minimum atomic E-state index is -0.870. The number of hydrogen-bond donors (Lipinski definition) is 4. The number of isocyanates is 2. The third-order valence-electron chi connectivity index (χ3n) is 4.91. The van der Waals surface area contributed by atoms with Gasteiger partial charge in [-0.3, -0.25) is 9.59 Å². The van der Waals surface area contributed by atoms with Gasteiger partial charge in [0.25, 0.3) is 0 Å². The smallest absolute Gasteiger partial charge is 0.303 e. The molecule has 0 heterocycles. The van der Waals surface area contributed by atoms with Crippen LogP contribution in [0.2, 0.25) is 0 Å². The first-order valence-corrected chi connectivity index (χ1v) is 11.7. The molecule has 0 saturated heterocycles. The second-order valence-corrected chi connectivity index (χ2v) is 8.04. The van der Waals surface area contributed by atoms with Crippen molar-refractivity contribution in [2.24, 2.45) is 15.9 Å². The largest absolute Gasteiger partial charge is 0.481 e. The SMILES string of the molecule is CC(CCO)CCO.O=C(O)CCCCC(=O)O.O=C=Nc1ccc(Cc2ccc(N=C=O)cc2)cc1. The zero-order valence-electron chi connectivity index (χ0n) is 20.9. The molecule has 2 aromatic rings. The van der Waals surface area contributed by atoms with E-state index in [0.717, 1.165) is 30.4 Å². The summed E-state index contributed by atoms with van der Waals surface area (Å²) in [4.78, 5) is 47.1. The molecule has 10 heteroatoms. The molecule has 0 fully saturated rings. The highest BCUT2D eigenvalue weighted by Crippen LogP contribution is 2.17. The molecule has 2 aromatic carbocycles. The second kappa shape index (κ2) is 21.4. The molecule has 0 atom stereocenters. The third-order valence-corrected chi connectivity index (χ3v) is 4.91. The Bertz CT molecular complexity index is 928. The predicted octanol–water partition coefficient (Wildman–Crippen LogP) is 4.32. The average molecular weight is 515 g/mol. The molecule has 0 radical (unpaired) electrons. The summed E-state index contributed by atoms with van der Waals surface area (Å²) in [6.45, 7) is 2.49. The summed E-state index contributed by atoms with van der Waals surface area (Å²) in [5.41, 5.74) is 3.40. The number of aliphatic imine (C=N–C) groups is 2. The fourth-order valence-electron chi connectivity index (χ4n) is 2.86. The topological polar surface area (TPSA) is 174 Å². The highest BCUT2D eigenvalue weighted by molar-refractivity contribution is 5.67. The summed E-state index contributed by atoms with van der Waals surface area (Å²) in [6.07, 6.45) is 6.40. The molecule has 0 aliphatic rings. The lowest BCUT2D eigenvalue weighted by atomic mass is 10.0. The number of carbonyl (C=O) groups excluding carboxylic acids is 2. The molecule has 2 rings (SSSR count). The second-order valence-electron chi connectivity index (χ2n) is 8.04. The van der Waals surface area contributed by atoms with Gasteiger partial charge in [-0.2, -0.15) is 9.98 Å². The third kappa shape index (κ3) is 19.0. The van der Waals surface area contributed by atoms with E-state index in [1.807, 2.05) is 31.2 Å². The van der Waals surface area contributed by atoms with Crippen LogP contribution in [0, 0.1) is 5.92 Å².